The van der Waals surface area contributed by atoms with Gasteiger partial charge in [-0.15, -0.1) is 0 Å². The quantitative estimate of drug-likeness (QED) is 0.626. The van der Waals surface area contributed by atoms with E-state index < -0.39 is 0 Å². The topological polar surface area (TPSA) is 14.1 Å². The van der Waals surface area contributed by atoms with E-state index in [0.717, 1.165) is 6.54 Å². The van der Waals surface area contributed by atoms with Crippen molar-refractivity contribution in [3.63, 3.8) is 0 Å². The fourth-order valence-electron chi connectivity index (χ4n) is 1.40. The summed E-state index contributed by atoms with van der Waals surface area (Å²) in [7, 11) is 0. The standard InChI is InChI=1S/C9H9BrN/c10-8-4-1-5-9-7(8)3-2-6-11-9/h1,4-5H,2-3,6H2. The Morgan fingerprint density at radius 1 is 1.36 bits per heavy atom. The van der Waals surface area contributed by atoms with Crippen LogP contribution < -0.4 is 5.32 Å². The largest absolute Gasteiger partial charge is 0.285 e. The predicted octanol–water partition coefficient (Wildman–Crippen LogP) is 2.63. The van der Waals surface area contributed by atoms with Crippen molar-refractivity contribution < 1.29 is 0 Å². The summed E-state index contributed by atoms with van der Waals surface area (Å²) in [6, 6.07) is 6.21. The van der Waals surface area contributed by atoms with Crippen LogP contribution in [-0.2, 0) is 6.42 Å². The summed E-state index contributed by atoms with van der Waals surface area (Å²) in [6.45, 7) is 0.990. The third-order valence-corrected chi connectivity index (χ3v) is 2.70. The highest BCUT2D eigenvalue weighted by Crippen LogP contribution is 2.28. The van der Waals surface area contributed by atoms with Crippen molar-refractivity contribution >= 4 is 21.6 Å². The molecule has 0 unspecified atom stereocenters. The summed E-state index contributed by atoms with van der Waals surface area (Å²) < 4.78 is 1.21. The van der Waals surface area contributed by atoms with Crippen molar-refractivity contribution in [1.82, 2.24) is 5.32 Å². The van der Waals surface area contributed by atoms with Gasteiger partial charge in [-0.1, -0.05) is 22.0 Å². The summed E-state index contributed by atoms with van der Waals surface area (Å²) in [6.07, 6.45) is 2.36. The number of fused-ring (bicyclic) bond motifs is 1. The third-order valence-electron chi connectivity index (χ3n) is 1.96. The van der Waals surface area contributed by atoms with Crippen molar-refractivity contribution in [2.24, 2.45) is 0 Å². The molecule has 0 saturated heterocycles. The molecule has 0 amide bonds. The van der Waals surface area contributed by atoms with Crippen molar-refractivity contribution in [2.45, 2.75) is 12.8 Å². The Balaban J connectivity index is 2.49. The summed E-state index contributed by atoms with van der Waals surface area (Å²) in [5.74, 6) is 0. The lowest BCUT2D eigenvalue weighted by molar-refractivity contribution is 0.702. The van der Waals surface area contributed by atoms with Gasteiger partial charge in [0.1, 0.15) is 0 Å². The molecule has 2 rings (SSSR count). The Hall–Kier alpha value is -0.500. The zero-order chi connectivity index (χ0) is 7.68. The van der Waals surface area contributed by atoms with Crippen molar-refractivity contribution in [3.8, 4) is 0 Å². The number of hydrogen-bond acceptors (Lipinski definition) is 0. The molecule has 11 heavy (non-hydrogen) atoms. The molecule has 0 N–H and O–H groups in total. The molecular weight excluding hydrogens is 202 g/mol. The van der Waals surface area contributed by atoms with Crippen LogP contribution >= 0.6 is 15.9 Å². The highest BCUT2D eigenvalue weighted by molar-refractivity contribution is 9.10. The molecular formula is C9H9BrN. The Bertz CT molecular complexity index is 270. The fraction of sp³-hybridized carbons (Fsp3) is 0.333. The van der Waals surface area contributed by atoms with E-state index in [-0.39, 0.29) is 0 Å². The average Bonchev–Trinajstić information content (AvgIpc) is 2.06. The third kappa shape index (κ3) is 1.27. The van der Waals surface area contributed by atoms with E-state index in [2.05, 4.69) is 33.4 Å². The van der Waals surface area contributed by atoms with Crippen LogP contribution in [0.1, 0.15) is 12.0 Å². The second kappa shape index (κ2) is 2.86. The van der Waals surface area contributed by atoms with Crippen LogP contribution in [0.3, 0.4) is 0 Å². The average molecular weight is 211 g/mol. The van der Waals surface area contributed by atoms with Crippen LogP contribution in [0.5, 0.6) is 0 Å². The maximum absolute atomic E-state index is 4.42. The maximum Gasteiger partial charge on any atom is 0.0617 e. The van der Waals surface area contributed by atoms with Crippen molar-refractivity contribution in [3.05, 3.63) is 28.2 Å². The second-order valence-electron chi connectivity index (χ2n) is 2.72. The van der Waals surface area contributed by atoms with Gasteiger partial charge in [-0.2, -0.15) is 0 Å². The molecule has 1 aliphatic rings. The molecule has 1 aliphatic heterocycles. The van der Waals surface area contributed by atoms with Crippen LogP contribution in [-0.4, -0.2) is 6.54 Å². The zero-order valence-corrected chi connectivity index (χ0v) is 7.76. The molecule has 57 valence electrons. The fourth-order valence-corrected chi connectivity index (χ4v) is 1.95. The number of nitrogens with zero attached hydrogens (tertiary/aromatic N) is 1. The minimum absolute atomic E-state index is 0.990. The smallest absolute Gasteiger partial charge is 0.0617 e. The first-order valence-electron chi connectivity index (χ1n) is 3.83. The number of hydrogen-bond donors (Lipinski definition) is 0. The normalized spacial score (nSPS) is 15.4. The minimum atomic E-state index is 0.990. The van der Waals surface area contributed by atoms with Gasteiger partial charge >= 0.3 is 0 Å². The molecule has 0 aromatic heterocycles. The van der Waals surface area contributed by atoms with Gasteiger partial charge in [-0.05, 0) is 30.5 Å². The van der Waals surface area contributed by atoms with Crippen LogP contribution in [0.4, 0.5) is 5.69 Å². The van der Waals surface area contributed by atoms with E-state index in [0.29, 0.717) is 0 Å². The SMILES string of the molecule is Brc1cccc2c1CCC[N]2. The highest BCUT2D eigenvalue weighted by atomic mass is 79.9. The van der Waals surface area contributed by atoms with E-state index in [1.165, 1.54) is 28.6 Å². The molecule has 1 aromatic rings. The molecule has 1 radical (unpaired) electrons. The lowest BCUT2D eigenvalue weighted by atomic mass is 10.0. The minimum Gasteiger partial charge on any atom is -0.285 e. The van der Waals surface area contributed by atoms with Gasteiger partial charge in [0.15, 0.2) is 0 Å². The van der Waals surface area contributed by atoms with Gasteiger partial charge in [0.05, 0.1) is 5.69 Å². The van der Waals surface area contributed by atoms with Gasteiger partial charge in [0.2, 0.25) is 0 Å². The summed E-state index contributed by atoms with van der Waals surface area (Å²) in [4.78, 5) is 0. The van der Waals surface area contributed by atoms with Crippen LogP contribution in [0, 0.1) is 0 Å². The summed E-state index contributed by atoms with van der Waals surface area (Å²) in [5.41, 5.74) is 2.55. The van der Waals surface area contributed by atoms with Gasteiger partial charge in [0.25, 0.3) is 0 Å². The number of halogens is 1. The maximum atomic E-state index is 4.42. The second-order valence-corrected chi connectivity index (χ2v) is 3.58. The summed E-state index contributed by atoms with van der Waals surface area (Å²) in [5, 5.41) is 4.42. The Labute approximate surface area is 74.9 Å². The van der Waals surface area contributed by atoms with E-state index >= 15 is 0 Å². The number of benzene rings is 1. The Morgan fingerprint density at radius 3 is 3.09 bits per heavy atom. The van der Waals surface area contributed by atoms with Gasteiger partial charge in [0, 0.05) is 11.0 Å². The van der Waals surface area contributed by atoms with Crippen molar-refractivity contribution in [1.29, 1.82) is 0 Å². The first-order valence-corrected chi connectivity index (χ1v) is 4.62. The van der Waals surface area contributed by atoms with E-state index in [9.17, 15) is 0 Å². The molecule has 1 heterocycles. The molecule has 0 saturated carbocycles. The zero-order valence-electron chi connectivity index (χ0n) is 6.18. The monoisotopic (exact) mass is 210 g/mol. The Kier molecular flexibility index (Phi) is 1.86. The van der Waals surface area contributed by atoms with E-state index in [1.54, 1.807) is 0 Å². The number of rotatable bonds is 0. The van der Waals surface area contributed by atoms with Gasteiger partial charge < -0.3 is 0 Å². The van der Waals surface area contributed by atoms with E-state index in [4.69, 9.17) is 0 Å². The molecule has 1 nitrogen and oxygen atoms in total. The molecule has 0 aliphatic carbocycles. The van der Waals surface area contributed by atoms with Gasteiger partial charge in [-0.3, -0.25) is 5.32 Å². The van der Waals surface area contributed by atoms with Crippen LogP contribution in [0.2, 0.25) is 0 Å². The van der Waals surface area contributed by atoms with E-state index in [1.807, 2.05) is 6.07 Å². The van der Waals surface area contributed by atoms with Crippen molar-refractivity contribution in [2.75, 3.05) is 6.54 Å². The van der Waals surface area contributed by atoms with Crippen LogP contribution in [0.15, 0.2) is 22.7 Å². The first-order chi connectivity index (χ1) is 5.38. The van der Waals surface area contributed by atoms with Gasteiger partial charge in [-0.25, -0.2) is 0 Å². The molecule has 1 aromatic carbocycles. The summed E-state index contributed by atoms with van der Waals surface area (Å²) >= 11 is 3.52. The lowest BCUT2D eigenvalue weighted by Crippen LogP contribution is -2.10. The van der Waals surface area contributed by atoms with Crippen LogP contribution in [0.25, 0.3) is 0 Å². The molecule has 0 bridgehead atoms. The molecule has 0 fully saturated rings. The molecule has 0 spiro atoms. The Morgan fingerprint density at radius 2 is 2.27 bits per heavy atom. The first kappa shape index (κ1) is 7.17. The highest BCUT2D eigenvalue weighted by Gasteiger charge is 2.11. The molecule has 0 atom stereocenters. The molecule has 2 heteroatoms. The lowest BCUT2D eigenvalue weighted by Gasteiger charge is -2.16. The predicted molar refractivity (Wildman–Crippen MR) is 49.1 cm³/mol.